The average Bonchev–Trinajstić information content (AvgIpc) is 2.92. The molecule has 0 aromatic carbocycles. The standard InChI is InChI=1S/C15H25N3OS.ClH/c1-10-11(20-13(17-10)14(2,3)4)12(19)18-7-6-15(5,8-16)9-18;/h6-9,16H2,1-5H3;1H. The van der Waals surface area contributed by atoms with Gasteiger partial charge in [-0.05, 0) is 25.3 Å². The highest BCUT2D eigenvalue weighted by molar-refractivity contribution is 7.14. The van der Waals surface area contributed by atoms with Gasteiger partial charge in [-0.15, -0.1) is 23.7 Å². The Hall–Kier alpha value is -0.650. The number of rotatable bonds is 2. The number of nitrogens with two attached hydrogens (primary N) is 1. The maximum absolute atomic E-state index is 12.7. The third-order valence-corrected chi connectivity index (χ3v) is 5.54. The fourth-order valence-corrected chi connectivity index (χ4v) is 3.51. The summed E-state index contributed by atoms with van der Waals surface area (Å²) < 4.78 is 0. The Labute approximate surface area is 137 Å². The van der Waals surface area contributed by atoms with E-state index in [9.17, 15) is 4.79 Å². The highest BCUT2D eigenvalue weighted by Gasteiger charge is 2.36. The zero-order valence-electron chi connectivity index (χ0n) is 13.5. The Balaban J connectivity index is 0.00000220. The lowest BCUT2D eigenvalue weighted by Crippen LogP contribution is -2.34. The summed E-state index contributed by atoms with van der Waals surface area (Å²) in [5.41, 5.74) is 6.73. The van der Waals surface area contributed by atoms with Gasteiger partial charge in [-0.2, -0.15) is 0 Å². The number of nitrogens with zero attached hydrogens (tertiary/aromatic N) is 2. The Kier molecular flexibility index (Phi) is 5.45. The van der Waals surface area contributed by atoms with Crippen LogP contribution in [0.25, 0.3) is 0 Å². The van der Waals surface area contributed by atoms with Crippen molar-refractivity contribution in [2.75, 3.05) is 19.6 Å². The van der Waals surface area contributed by atoms with E-state index in [-0.39, 0.29) is 29.1 Å². The van der Waals surface area contributed by atoms with E-state index >= 15 is 0 Å². The molecule has 1 saturated heterocycles. The molecule has 0 saturated carbocycles. The number of thiazole rings is 1. The van der Waals surface area contributed by atoms with Crippen molar-refractivity contribution < 1.29 is 4.79 Å². The van der Waals surface area contributed by atoms with Crippen molar-refractivity contribution in [1.82, 2.24) is 9.88 Å². The van der Waals surface area contributed by atoms with Crippen molar-refractivity contribution >= 4 is 29.7 Å². The van der Waals surface area contributed by atoms with Crippen LogP contribution in [-0.2, 0) is 5.41 Å². The molecule has 1 fully saturated rings. The van der Waals surface area contributed by atoms with Crippen LogP contribution in [0.15, 0.2) is 0 Å². The molecular weight excluding hydrogens is 306 g/mol. The van der Waals surface area contributed by atoms with Crippen LogP contribution in [0.3, 0.4) is 0 Å². The molecule has 0 radical (unpaired) electrons. The van der Waals surface area contributed by atoms with E-state index in [4.69, 9.17) is 5.73 Å². The molecule has 21 heavy (non-hydrogen) atoms. The van der Waals surface area contributed by atoms with Crippen LogP contribution in [0.2, 0.25) is 0 Å². The molecule has 2 rings (SSSR count). The summed E-state index contributed by atoms with van der Waals surface area (Å²) in [5.74, 6) is 0.118. The Morgan fingerprint density at radius 1 is 1.48 bits per heavy atom. The van der Waals surface area contributed by atoms with Crippen LogP contribution in [0.1, 0.15) is 54.5 Å². The van der Waals surface area contributed by atoms with Crippen molar-refractivity contribution in [2.24, 2.45) is 11.1 Å². The summed E-state index contributed by atoms with van der Waals surface area (Å²) in [6, 6.07) is 0. The van der Waals surface area contributed by atoms with Gasteiger partial charge in [-0.25, -0.2) is 4.98 Å². The maximum atomic E-state index is 12.7. The first-order valence-electron chi connectivity index (χ1n) is 7.13. The summed E-state index contributed by atoms with van der Waals surface area (Å²) in [5, 5.41) is 1.03. The first kappa shape index (κ1) is 18.4. The lowest BCUT2D eigenvalue weighted by Gasteiger charge is -2.22. The normalized spacial score (nSPS) is 22.3. The van der Waals surface area contributed by atoms with E-state index in [1.54, 1.807) is 0 Å². The number of amides is 1. The molecule has 1 aromatic heterocycles. The lowest BCUT2D eigenvalue weighted by molar-refractivity contribution is 0.0780. The smallest absolute Gasteiger partial charge is 0.265 e. The van der Waals surface area contributed by atoms with Gasteiger partial charge < -0.3 is 10.6 Å². The van der Waals surface area contributed by atoms with E-state index in [1.807, 2.05) is 11.8 Å². The molecule has 1 aliphatic rings. The minimum absolute atomic E-state index is 0. The molecule has 4 nitrogen and oxygen atoms in total. The van der Waals surface area contributed by atoms with Gasteiger partial charge >= 0.3 is 0 Å². The number of hydrogen-bond donors (Lipinski definition) is 1. The van der Waals surface area contributed by atoms with Crippen LogP contribution in [-0.4, -0.2) is 35.4 Å². The number of aryl methyl sites for hydroxylation is 1. The summed E-state index contributed by atoms with van der Waals surface area (Å²) >= 11 is 1.54. The van der Waals surface area contributed by atoms with E-state index in [0.717, 1.165) is 35.1 Å². The third kappa shape index (κ3) is 3.76. The van der Waals surface area contributed by atoms with Gasteiger partial charge in [0.15, 0.2) is 0 Å². The molecule has 6 heteroatoms. The van der Waals surface area contributed by atoms with Crippen molar-refractivity contribution in [2.45, 2.75) is 46.5 Å². The highest BCUT2D eigenvalue weighted by atomic mass is 35.5. The molecule has 1 unspecified atom stereocenters. The highest BCUT2D eigenvalue weighted by Crippen LogP contribution is 2.33. The zero-order valence-corrected chi connectivity index (χ0v) is 15.2. The SMILES string of the molecule is Cc1nc(C(C)(C)C)sc1C(=O)N1CCC(C)(CN)C1.Cl. The van der Waals surface area contributed by atoms with Gasteiger partial charge in [0.2, 0.25) is 0 Å². The summed E-state index contributed by atoms with van der Waals surface area (Å²) in [6.45, 7) is 12.6. The molecule has 1 amide bonds. The van der Waals surface area contributed by atoms with Crippen molar-refractivity contribution in [3.05, 3.63) is 15.6 Å². The van der Waals surface area contributed by atoms with Gasteiger partial charge in [-0.1, -0.05) is 27.7 Å². The van der Waals surface area contributed by atoms with Crippen LogP contribution >= 0.6 is 23.7 Å². The molecular formula is C15H26ClN3OS. The molecule has 0 spiro atoms. The van der Waals surface area contributed by atoms with Crippen LogP contribution < -0.4 is 5.73 Å². The first-order valence-corrected chi connectivity index (χ1v) is 7.95. The van der Waals surface area contributed by atoms with Gasteiger partial charge in [0.05, 0.1) is 10.7 Å². The minimum Gasteiger partial charge on any atom is -0.337 e. The molecule has 120 valence electrons. The zero-order chi connectivity index (χ0) is 15.1. The first-order chi connectivity index (χ1) is 9.16. The summed E-state index contributed by atoms with van der Waals surface area (Å²) in [4.78, 5) is 20.0. The summed E-state index contributed by atoms with van der Waals surface area (Å²) in [6.07, 6.45) is 0.985. The van der Waals surface area contributed by atoms with E-state index in [2.05, 4.69) is 32.7 Å². The van der Waals surface area contributed by atoms with Crippen LogP contribution in [0.4, 0.5) is 0 Å². The average molecular weight is 332 g/mol. The Morgan fingerprint density at radius 3 is 2.52 bits per heavy atom. The molecule has 2 N–H and O–H groups in total. The number of carbonyl (C=O) groups excluding carboxylic acids is 1. The van der Waals surface area contributed by atoms with Crippen molar-refractivity contribution in [3.63, 3.8) is 0 Å². The predicted octanol–water partition coefficient (Wildman–Crippen LogP) is 2.98. The second kappa shape index (κ2) is 6.23. The number of halogens is 1. The predicted molar refractivity (Wildman–Crippen MR) is 90.5 cm³/mol. The molecule has 2 heterocycles. The quantitative estimate of drug-likeness (QED) is 0.906. The van der Waals surface area contributed by atoms with Crippen LogP contribution in [0.5, 0.6) is 0 Å². The molecule has 1 aromatic rings. The van der Waals surface area contributed by atoms with E-state index in [0.29, 0.717) is 6.54 Å². The fraction of sp³-hybridized carbons (Fsp3) is 0.733. The van der Waals surface area contributed by atoms with Gasteiger partial charge in [0.1, 0.15) is 4.88 Å². The summed E-state index contributed by atoms with van der Waals surface area (Å²) in [7, 11) is 0. The van der Waals surface area contributed by atoms with Crippen molar-refractivity contribution in [1.29, 1.82) is 0 Å². The number of hydrogen-bond acceptors (Lipinski definition) is 4. The molecule has 0 aliphatic carbocycles. The topological polar surface area (TPSA) is 59.2 Å². The largest absolute Gasteiger partial charge is 0.337 e. The Morgan fingerprint density at radius 2 is 2.10 bits per heavy atom. The monoisotopic (exact) mass is 331 g/mol. The number of aromatic nitrogens is 1. The molecule has 1 atom stereocenters. The number of likely N-dealkylation sites (tertiary alicyclic amines) is 1. The second-order valence-electron chi connectivity index (χ2n) is 7.18. The maximum Gasteiger partial charge on any atom is 0.265 e. The van der Waals surface area contributed by atoms with Gasteiger partial charge in [-0.3, -0.25) is 4.79 Å². The third-order valence-electron chi connectivity index (χ3n) is 3.97. The van der Waals surface area contributed by atoms with Crippen molar-refractivity contribution in [3.8, 4) is 0 Å². The number of carbonyl (C=O) groups is 1. The van der Waals surface area contributed by atoms with Crippen LogP contribution in [0, 0.1) is 12.3 Å². The Bertz CT molecular complexity index is 523. The molecule has 1 aliphatic heterocycles. The second-order valence-corrected chi connectivity index (χ2v) is 8.17. The van der Waals surface area contributed by atoms with Gasteiger partial charge in [0, 0.05) is 18.5 Å². The molecule has 0 bridgehead atoms. The fourth-order valence-electron chi connectivity index (χ4n) is 2.42. The minimum atomic E-state index is -0.00919. The van der Waals surface area contributed by atoms with E-state index in [1.165, 1.54) is 11.3 Å². The van der Waals surface area contributed by atoms with Gasteiger partial charge in [0.25, 0.3) is 5.91 Å². The van der Waals surface area contributed by atoms with E-state index < -0.39 is 0 Å². The lowest BCUT2D eigenvalue weighted by atomic mass is 9.90.